The molecule has 108 valence electrons. The van der Waals surface area contributed by atoms with Crippen LogP contribution in [0.25, 0.3) is 0 Å². The molecule has 0 radical (unpaired) electrons. The van der Waals surface area contributed by atoms with E-state index in [0.717, 1.165) is 42.2 Å². The highest BCUT2D eigenvalue weighted by atomic mass is 35.5. The zero-order chi connectivity index (χ0) is 13.7. The van der Waals surface area contributed by atoms with Gasteiger partial charge in [0, 0.05) is 29.9 Å². The summed E-state index contributed by atoms with van der Waals surface area (Å²) in [5.74, 6) is 0.966. The van der Waals surface area contributed by atoms with Crippen molar-refractivity contribution in [2.45, 2.75) is 56.2 Å². The molecule has 4 rings (SSSR count). The van der Waals surface area contributed by atoms with Crippen LogP contribution < -0.4 is 10.1 Å². The second-order valence-electron chi connectivity index (χ2n) is 6.60. The summed E-state index contributed by atoms with van der Waals surface area (Å²) in [6, 6.07) is 4.91. The monoisotopic (exact) mass is 293 g/mol. The standard InChI is InChI=1S/C16H20ClNO2/c17-12-5-10-3-4-20-15(10)11(6-12)7-16(19)8-13-1-2-14(9-16)18-13/h5-6,13-14,18-19H,1-4,7-9H2. The van der Waals surface area contributed by atoms with Crippen molar-refractivity contribution >= 4 is 11.6 Å². The van der Waals surface area contributed by atoms with Crippen LogP contribution in [0.5, 0.6) is 5.75 Å². The van der Waals surface area contributed by atoms with Gasteiger partial charge < -0.3 is 15.2 Å². The van der Waals surface area contributed by atoms with Gasteiger partial charge in [-0.05, 0) is 48.9 Å². The number of hydrogen-bond acceptors (Lipinski definition) is 3. The Kier molecular flexibility index (Phi) is 2.99. The van der Waals surface area contributed by atoms with Crippen molar-refractivity contribution in [3.8, 4) is 5.75 Å². The first-order valence-corrected chi connectivity index (χ1v) is 7.92. The molecule has 2 atom stereocenters. The zero-order valence-corrected chi connectivity index (χ0v) is 12.2. The van der Waals surface area contributed by atoms with Crippen molar-refractivity contribution in [2.24, 2.45) is 0 Å². The molecule has 4 heteroatoms. The van der Waals surface area contributed by atoms with Crippen LogP contribution in [-0.2, 0) is 12.8 Å². The highest BCUT2D eigenvalue weighted by Gasteiger charge is 2.43. The Labute approximate surface area is 124 Å². The van der Waals surface area contributed by atoms with E-state index < -0.39 is 5.60 Å². The van der Waals surface area contributed by atoms with Gasteiger partial charge >= 0.3 is 0 Å². The number of aliphatic hydroxyl groups is 1. The SMILES string of the molecule is OC1(Cc2cc(Cl)cc3c2OCC3)CC2CCC(C1)N2. The molecule has 1 aromatic rings. The van der Waals surface area contributed by atoms with Gasteiger partial charge in [-0.1, -0.05) is 11.6 Å². The molecule has 3 heterocycles. The van der Waals surface area contributed by atoms with E-state index in [4.69, 9.17) is 16.3 Å². The predicted molar refractivity (Wildman–Crippen MR) is 78.5 cm³/mol. The minimum absolute atomic E-state index is 0.479. The summed E-state index contributed by atoms with van der Waals surface area (Å²) >= 11 is 6.21. The number of hydrogen-bond donors (Lipinski definition) is 2. The minimum Gasteiger partial charge on any atom is -0.493 e. The lowest BCUT2D eigenvalue weighted by Crippen LogP contribution is -2.49. The van der Waals surface area contributed by atoms with Crippen molar-refractivity contribution in [3.63, 3.8) is 0 Å². The molecule has 20 heavy (non-hydrogen) atoms. The Balaban J connectivity index is 1.63. The normalized spacial score (nSPS) is 34.9. The Morgan fingerprint density at radius 1 is 1.30 bits per heavy atom. The first kappa shape index (κ1) is 12.9. The smallest absolute Gasteiger partial charge is 0.126 e. The summed E-state index contributed by atoms with van der Waals surface area (Å²) in [5, 5.41) is 15.3. The average molecular weight is 294 g/mol. The van der Waals surface area contributed by atoms with E-state index in [1.54, 1.807) is 0 Å². The van der Waals surface area contributed by atoms with Crippen molar-refractivity contribution < 1.29 is 9.84 Å². The van der Waals surface area contributed by atoms with Crippen LogP contribution in [-0.4, -0.2) is 29.4 Å². The van der Waals surface area contributed by atoms with Crippen LogP contribution in [0.4, 0.5) is 0 Å². The number of fused-ring (bicyclic) bond motifs is 3. The third kappa shape index (κ3) is 2.22. The fourth-order valence-electron chi connectivity index (χ4n) is 4.20. The van der Waals surface area contributed by atoms with Gasteiger partial charge in [0.1, 0.15) is 5.75 Å². The van der Waals surface area contributed by atoms with Gasteiger partial charge in [-0.3, -0.25) is 0 Å². The number of halogens is 1. The fourth-order valence-corrected chi connectivity index (χ4v) is 4.46. The highest BCUT2D eigenvalue weighted by Crippen LogP contribution is 2.40. The number of piperidine rings is 1. The van der Waals surface area contributed by atoms with E-state index in [0.29, 0.717) is 18.5 Å². The van der Waals surface area contributed by atoms with Gasteiger partial charge in [0.05, 0.1) is 12.2 Å². The van der Waals surface area contributed by atoms with Crippen LogP contribution >= 0.6 is 11.6 Å². The second-order valence-corrected chi connectivity index (χ2v) is 7.04. The number of ether oxygens (including phenoxy) is 1. The van der Waals surface area contributed by atoms with E-state index in [1.807, 2.05) is 12.1 Å². The maximum absolute atomic E-state index is 11.0. The zero-order valence-electron chi connectivity index (χ0n) is 11.5. The summed E-state index contributed by atoms with van der Waals surface area (Å²) in [4.78, 5) is 0. The molecule has 2 unspecified atom stereocenters. The molecule has 3 aliphatic rings. The lowest BCUT2D eigenvalue weighted by molar-refractivity contribution is -0.00649. The molecule has 2 saturated heterocycles. The molecule has 2 N–H and O–H groups in total. The predicted octanol–water partition coefficient (Wildman–Crippen LogP) is 2.46. The Morgan fingerprint density at radius 3 is 2.80 bits per heavy atom. The minimum atomic E-state index is -0.610. The maximum Gasteiger partial charge on any atom is 0.126 e. The summed E-state index contributed by atoms with van der Waals surface area (Å²) < 4.78 is 5.76. The molecule has 3 nitrogen and oxygen atoms in total. The topological polar surface area (TPSA) is 41.5 Å². The van der Waals surface area contributed by atoms with Gasteiger partial charge in [-0.25, -0.2) is 0 Å². The highest BCUT2D eigenvalue weighted by molar-refractivity contribution is 6.30. The van der Waals surface area contributed by atoms with Crippen molar-refractivity contribution in [1.29, 1.82) is 0 Å². The van der Waals surface area contributed by atoms with E-state index in [-0.39, 0.29) is 0 Å². The van der Waals surface area contributed by atoms with Crippen LogP contribution in [0.1, 0.15) is 36.8 Å². The number of nitrogens with one attached hydrogen (secondary N) is 1. The van der Waals surface area contributed by atoms with E-state index in [9.17, 15) is 5.11 Å². The number of benzene rings is 1. The van der Waals surface area contributed by atoms with Gasteiger partial charge in [-0.15, -0.1) is 0 Å². The molecule has 0 spiro atoms. The summed E-state index contributed by atoms with van der Waals surface area (Å²) in [7, 11) is 0. The van der Waals surface area contributed by atoms with Crippen molar-refractivity contribution in [3.05, 3.63) is 28.3 Å². The van der Waals surface area contributed by atoms with E-state index >= 15 is 0 Å². The maximum atomic E-state index is 11.0. The molecular formula is C16H20ClNO2. The largest absolute Gasteiger partial charge is 0.493 e. The van der Waals surface area contributed by atoms with Gasteiger partial charge in [0.25, 0.3) is 0 Å². The molecule has 0 saturated carbocycles. The summed E-state index contributed by atoms with van der Waals surface area (Å²) in [6.45, 7) is 0.730. The molecule has 0 aliphatic carbocycles. The molecule has 3 aliphatic heterocycles. The first-order chi connectivity index (χ1) is 9.61. The van der Waals surface area contributed by atoms with Gasteiger partial charge in [0.15, 0.2) is 0 Å². The lowest BCUT2D eigenvalue weighted by Gasteiger charge is -2.37. The Hall–Kier alpha value is -0.770. The van der Waals surface area contributed by atoms with Crippen molar-refractivity contribution in [2.75, 3.05) is 6.61 Å². The van der Waals surface area contributed by atoms with E-state index in [2.05, 4.69) is 5.32 Å². The van der Waals surface area contributed by atoms with Crippen LogP contribution in [0.3, 0.4) is 0 Å². The fraction of sp³-hybridized carbons (Fsp3) is 0.625. The number of rotatable bonds is 2. The quantitative estimate of drug-likeness (QED) is 0.880. The van der Waals surface area contributed by atoms with Gasteiger partial charge in [-0.2, -0.15) is 0 Å². The molecule has 0 amide bonds. The molecule has 2 fully saturated rings. The summed E-state index contributed by atoms with van der Waals surface area (Å²) in [6.07, 6.45) is 5.64. The summed E-state index contributed by atoms with van der Waals surface area (Å²) in [5.41, 5.74) is 1.66. The Bertz CT molecular complexity index is 534. The second kappa shape index (κ2) is 4.62. The van der Waals surface area contributed by atoms with Crippen LogP contribution in [0, 0.1) is 0 Å². The third-order valence-electron chi connectivity index (χ3n) is 4.93. The molecule has 2 bridgehead atoms. The van der Waals surface area contributed by atoms with Crippen LogP contribution in [0.15, 0.2) is 12.1 Å². The van der Waals surface area contributed by atoms with E-state index in [1.165, 1.54) is 18.4 Å². The molecular weight excluding hydrogens is 274 g/mol. The molecule has 0 aromatic heterocycles. The Morgan fingerprint density at radius 2 is 2.05 bits per heavy atom. The average Bonchev–Trinajstić information content (AvgIpc) is 2.95. The first-order valence-electron chi connectivity index (χ1n) is 7.54. The van der Waals surface area contributed by atoms with Crippen LogP contribution in [0.2, 0.25) is 5.02 Å². The lowest BCUT2D eigenvalue weighted by atomic mass is 9.82. The third-order valence-corrected chi connectivity index (χ3v) is 5.15. The molecule has 1 aromatic carbocycles. The van der Waals surface area contributed by atoms with Crippen molar-refractivity contribution in [1.82, 2.24) is 5.32 Å². The van der Waals surface area contributed by atoms with Gasteiger partial charge in [0.2, 0.25) is 0 Å².